The van der Waals surface area contributed by atoms with Gasteiger partial charge in [0.25, 0.3) is 5.13 Å². The lowest BCUT2D eigenvalue weighted by atomic mass is 10.1. The lowest BCUT2D eigenvalue weighted by Gasteiger charge is -2.28. The fourth-order valence-corrected chi connectivity index (χ4v) is 6.37. The molecule has 1 aliphatic rings. The zero-order chi connectivity index (χ0) is 27.7. The largest absolute Gasteiger partial charge is 0.462 e. The lowest BCUT2D eigenvalue weighted by Crippen LogP contribution is -2.40. The second-order valence-electron chi connectivity index (χ2n) is 8.76. The molecule has 2 unspecified atom stereocenters. The van der Waals surface area contributed by atoms with E-state index in [9.17, 15) is 9.90 Å². The van der Waals surface area contributed by atoms with Crippen molar-refractivity contribution < 1.29 is 32.8 Å². The van der Waals surface area contributed by atoms with Gasteiger partial charge in [-0.2, -0.15) is 0 Å². The van der Waals surface area contributed by atoms with Crippen molar-refractivity contribution >= 4 is 53.0 Å². The summed E-state index contributed by atoms with van der Waals surface area (Å²) in [5.74, 6) is -0.109. The molecule has 1 aromatic carbocycles. The molecule has 0 radical (unpaired) electrons. The number of aliphatic hydroxyl groups excluding tert-OH is 1. The van der Waals surface area contributed by atoms with E-state index in [2.05, 4.69) is 20.0 Å². The number of nitrogen functional groups attached to an aromatic ring is 1. The molecule has 16 heteroatoms. The van der Waals surface area contributed by atoms with Gasteiger partial charge < -0.3 is 29.4 Å². The van der Waals surface area contributed by atoms with Crippen molar-refractivity contribution in [3.63, 3.8) is 0 Å². The number of aromatic nitrogens is 4. The van der Waals surface area contributed by atoms with E-state index in [1.54, 1.807) is 51.1 Å². The van der Waals surface area contributed by atoms with Gasteiger partial charge in [-0.05, 0) is 44.7 Å². The van der Waals surface area contributed by atoms with Crippen molar-refractivity contribution in [1.29, 1.82) is 0 Å². The number of rotatable bonds is 10. The SMILES string of the molecule is CC(C)OC(=O)C(C)NP(=S)(OC[C@H]1O[C@@H](n2cnc3c(N)ncnc32)[C@@](F)(Cl)[C@@H]1O)Oc1ccccc1. The summed E-state index contributed by atoms with van der Waals surface area (Å²) < 4.78 is 39.6. The number of fused-ring (bicyclic) bond motifs is 1. The maximum absolute atomic E-state index is 15.6. The zero-order valence-electron chi connectivity index (χ0n) is 20.6. The number of hydrogen-bond donors (Lipinski definition) is 3. The first-order valence-electron chi connectivity index (χ1n) is 11.5. The maximum Gasteiger partial charge on any atom is 0.323 e. The standard InChI is InChI=1S/C22H27ClFN6O6PS/c1-12(2)34-20(32)13(3)29-37(38,36-14-7-5-4-6-8-14)33-9-15-17(31)22(23,24)21(35-15)30-11-28-16-18(25)26-10-27-19(16)30/h4-8,10-13,15,17,21,31H,9H2,1-3H3,(H,29,38)(H2,25,26,27)/t13?,15-,17-,21-,22-,37?/m1/s1. The summed E-state index contributed by atoms with van der Waals surface area (Å²) in [6.45, 7) is 1.07. The van der Waals surface area contributed by atoms with E-state index in [0.717, 1.165) is 0 Å². The first-order valence-corrected chi connectivity index (χ1v) is 14.5. The molecule has 1 aliphatic heterocycles. The molecule has 206 valence electrons. The highest BCUT2D eigenvalue weighted by Crippen LogP contribution is 2.49. The highest BCUT2D eigenvalue weighted by molar-refractivity contribution is 8.09. The highest BCUT2D eigenvalue weighted by Gasteiger charge is 2.58. The summed E-state index contributed by atoms with van der Waals surface area (Å²) in [6.07, 6.45) is -2.58. The Morgan fingerprint density at radius 3 is 2.74 bits per heavy atom. The summed E-state index contributed by atoms with van der Waals surface area (Å²) in [6, 6.07) is 7.67. The van der Waals surface area contributed by atoms with Crippen LogP contribution in [0.1, 0.15) is 27.0 Å². The van der Waals surface area contributed by atoms with E-state index >= 15 is 4.39 Å². The van der Waals surface area contributed by atoms with E-state index < -0.39 is 48.8 Å². The van der Waals surface area contributed by atoms with Gasteiger partial charge in [0.2, 0.25) is 0 Å². The molecular weight excluding hydrogens is 562 g/mol. The molecule has 2 aromatic heterocycles. The number of benzene rings is 1. The Labute approximate surface area is 227 Å². The molecule has 0 bridgehead atoms. The summed E-state index contributed by atoms with van der Waals surface area (Å²) >= 11 is 11.8. The monoisotopic (exact) mass is 588 g/mol. The van der Waals surface area contributed by atoms with Crippen molar-refractivity contribution in [2.24, 2.45) is 0 Å². The van der Waals surface area contributed by atoms with Crippen LogP contribution in [0.3, 0.4) is 0 Å². The smallest absolute Gasteiger partial charge is 0.323 e. The summed E-state index contributed by atoms with van der Waals surface area (Å²) in [5, 5.41) is 10.8. The van der Waals surface area contributed by atoms with E-state index in [0.29, 0.717) is 5.75 Å². The third kappa shape index (κ3) is 6.07. The topological polar surface area (TPSA) is 156 Å². The number of halogens is 2. The average Bonchev–Trinajstić information content (AvgIpc) is 3.37. The Balaban J connectivity index is 1.54. The van der Waals surface area contributed by atoms with Crippen LogP contribution in [-0.2, 0) is 30.6 Å². The number of aliphatic hydroxyl groups is 1. The van der Waals surface area contributed by atoms with E-state index in [1.807, 2.05) is 0 Å². The van der Waals surface area contributed by atoms with Crippen LogP contribution in [0.2, 0.25) is 0 Å². The number of anilines is 1. The number of para-hydroxylation sites is 1. The Bertz CT molecular complexity index is 1330. The minimum absolute atomic E-state index is 0.0844. The molecule has 4 N–H and O–H groups in total. The summed E-state index contributed by atoms with van der Waals surface area (Å²) in [4.78, 5) is 24.4. The third-order valence-electron chi connectivity index (χ3n) is 5.45. The van der Waals surface area contributed by atoms with Gasteiger partial charge in [-0.1, -0.05) is 29.8 Å². The zero-order valence-corrected chi connectivity index (χ0v) is 23.1. The Kier molecular flexibility index (Phi) is 8.52. The number of carbonyl (C=O) groups is 1. The molecule has 12 nitrogen and oxygen atoms in total. The van der Waals surface area contributed by atoms with Crippen molar-refractivity contribution in [3.8, 4) is 5.75 Å². The molecule has 4 rings (SSSR count). The Hall–Kier alpha value is -2.45. The minimum atomic E-state index is -3.47. The predicted molar refractivity (Wildman–Crippen MR) is 140 cm³/mol. The van der Waals surface area contributed by atoms with Gasteiger partial charge in [0, 0.05) is 0 Å². The molecule has 1 saturated heterocycles. The molecule has 0 amide bonds. The van der Waals surface area contributed by atoms with Crippen molar-refractivity contribution in [2.45, 2.75) is 56.5 Å². The number of nitrogens with two attached hydrogens (primary N) is 1. The molecule has 1 fully saturated rings. The van der Waals surface area contributed by atoms with Crippen LogP contribution >= 0.6 is 18.2 Å². The molecule has 3 heterocycles. The Morgan fingerprint density at radius 2 is 2.05 bits per heavy atom. The van der Waals surface area contributed by atoms with E-state index in [4.69, 9.17) is 47.7 Å². The van der Waals surface area contributed by atoms with Gasteiger partial charge in [0.1, 0.15) is 35.8 Å². The average molecular weight is 589 g/mol. The third-order valence-corrected chi connectivity index (χ3v) is 8.36. The fourth-order valence-electron chi connectivity index (χ4n) is 3.65. The number of nitrogens with one attached hydrogen (secondary N) is 1. The maximum atomic E-state index is 15.6. The second-order valence-corrected chi connectivity index (χ2v) is 12.5. The number of nitrogens with zero attached hydrogens (tertiary/aromatic N) is 4. The van der Waals surface area contributed by atoms with Crippen LogP contribution in [0.15, 0.2) is 43.0 Å². The number of alkyl halides is 2. The van der Waals surface area contributed by atoms with Gasteiger partial charge in [-0.25, -0.2) is 24.4 Å². The van der Waals surface area contributed by atoms with Crippen molar-refractivity contribution in [2.75, 3.05) is 12.3 Å². The normalized spacial score (nSPS) is 25.8. The molecule has 6 atom stereocenters. The van der Waals surface area contributed by atoms with Gasteiger partial charge in [0.15, 0.2) is 17.7 Å². The molecule has 3 aromatic rings. The van der Waals surface area contributed by atoms with Gasteiger partial charge in [-0.3, -0.25) is 9.36 Å². The Morgan fingerprint density at radius 1 is 1.34 bits per heavy atom. The van der Waals surface area contributed by atoms with E-state index in [-0.39, 0.29) is 23.1 Å². The number of carbonyl (C=O) groups excluding carboxylic acids is 1. The van der Waals surface area contributed by atoms with Crippen LogP contribution in [0.4, 0.5) is 10.2 Å². The summed E-state index contributed by atoms with van der Waals surface area (Å²) in [5.41, 5.74) is 6.19. The van der Waals surface area contributed by atoms with Crippen LogP contribution in [0, 0.1) is 0 Å². The number of esters is 1. The molecule has 38 heavy (non-hydrogen) atoms. The number of ether oxygens (including phenoxy) is 2. The van der Waals surface area contributed by atoms with Crippen LogP contribution in [0.5, 0.6) is 5.75 Å². The second kappa shape index (κ2) is 11.3. The molecular formula is C22H27ClFN6O6PS. The quantitative estimate of drug-likeness (QED) is 0.181. The molecule has 0 spiro atoms. The van der Waals surface area contributed by atoms with E-state index in [1.165, 1.54) is 17.2 Å². The number of imidazole rings is 1. The first-order chi connectivity index (χ1) is 17.9. The summed E-state index contributed by atoms with van der Waals surface area (Å²) in [7, 11) is 0. The van der Waals surface area contributed by atoms with Crippen LogP contribution in [-0.4, -0.2) is 66.7 Å². The van der Waals surface area contributed by atoms with Crippen LogP contribution < -0.4 is 15.3 Å². The highest BCUT2D eigenvalue weighted by atomic mass is 35.5. The first kappa shape index (κ1) is 28.6. The minimum Gasteiger partial charge on any atom is -0.462 e. The lowest BCUT2D eigenvalue weighted by molar-refractivity contribution is -0.149. The van der Waals surface area contributed by atoms with Crippen LogP contribution in [0.25, 0.3) is 11.2 Å². The van der Waals surface area contributed by atoms with Crippen molar-refractivity contribution in [1.82, 2.24) is 24.6 Å². The van der Waals surface area contributed by atoms with Gasteiger partial charge in [0.05, 0.1) is 19.0 Å². The predicted octanol–water partition coefficient (Wildman–Crippen LogP) is 2.82. The fraction of sp³-hybridized carbons (Fsp3) is 0.455. The van der Waals surface area contributed by atoms with Gasteiger partial charge in [-0.15, -0.1) is 0 Å². The van der Waals surface area contributed by atoms with Crippen molar-refractivity contribution in [3.05, 3.63) is 43.0 Å². The number of hydrogen-bond acceptors (Lipinski definition) is 11. The van der Waals surface area contributed by atoms with Gasteiger partial charge >= 0.3 is 12.6 Å². The molecule has 0 saturated carbocycles. The molecule has 0 aliphatic carbocycles.